The van der Waals surface area contributed by atoms with Gasteiger partial charge in [-0.3, -0.25) is 0 Å². The number of hydrogen-bond acceptors (Lipinski definition) is 2. The molecule has 2 N–H and O–H groups in total. The van der Waals surface area contributed by atoms with E-state index in [4.69, 9.17) is 0 Å². The lowest BCUT2D eigenvalue weighted by Crippen LogP contribution is -2.34. The van der Waals surface area contributed by atoms with Crippen LogP contribution in [-0.2, 0) is 6.54 Å². The van der Waals surface area contributed by atoms with Gasteiger partial charge in [0.05, 0.1) is 5.52 Å². The van der Waals surface area contributed by atoms with E-state index >= 15 is 0 Å². The lowest BCUT2D eigenvalue weighted by Gasteiger charge is -2.26. The molecule has 0 radical (unpaired) electrons. The summed E-state index contributed by atoms with van der Waals surface area (Å²) >= 11 is 0. The molecule has 2 aromatic rings. The number of phenols is 1. The molecule has 1 heterocycles. The standard InChI is InChI=1S/C16H22N2O/c1-11(2)18-10-12(9-17-13-4-3-5-13)15-7-6-14(19)8-16(15)18/h6-8,10-11,13,17,19H,3-5,9H2,1-2H3. The van der Waals surface area contributed by atoms with E-state index in [0.717, 1.165) is 12.1 Å². The van der Waals surface area contributed by atoms with Crippen LogP contribution < -0.4 is 5.32 Å². The van der Waals surface area contributed by atoms with Crippen LogP contribution in [0.2, 0.25) is 0 Å². The Bertz CT molecular complexity index is 582. The van der Waals surface area contributed by atoms with Crippen LogP contribution in [0.4, 0.5) is 0 Å². The third kappa shape index (κ3) is 2.35. The molecule has 3 nitrogen and oxygen atoms in total. The predicted octanol–water partition coefficient (Wildman–Crippen LogP) is 3.57. The average molecular weight is 258 g/mol. The summed E-state index contributed by atoms with van der Waals surface area (Å²) in [6.07, 6.45) is 6.20. The third-order valence-electron chi connectivity index (χ3n) is 4.14. The number of fused-ring (bicyclic) bond motifs is 1. The van der Waals surface area contributed by atoms with Gasteiger partial charge in [0.25, 0.3) is 0 Å². The minimum absolute atomic E-state index is 0.339. The first-order valence-corrected chi connectivity index (χ1v) is 7.21. The zero-order valence-corrected chi connectivity index (χ0v) is 11.7. The number of nitrogens with one attached hydrogen (secondary N) is 1. The van der Waals surface area contributed by atoms with Gasteiger partial charge in [0.1, 0.15) is 5.75 Å². The highest BCUT2D eigenvalue weighted by molar-refractivity contribution is 5.85. The van der Waals surface area contributed by atoms with Gasteiger partial charge in [0.15, 0.2) is 0 Å². The summed E-state index contributed by atoms with van der Waals surface area (Å²) in [6, 6.07) is 6.78. The highest BCUT2D eigenvalue weighted by atomic mass is 16.3. The Hall–Kier alpha value is -1.48. The van der Waals surface area contributed by atoms with E-state index in [2.05, 4.69) is 29.9 Å². The fraction of sp³-hybridized carbons (Fsp3) is 0.500. The Morgan fingerprint density at radius 1 is 1.37 bits per heavy atom. The molecule has 0 unspecified atom stereocenters. The zero-order valence-electron chi connectivity index (χ0n) is 11.7. The van der Waals surface area contributed by atoms with Gasteiger partial charge in [-0.1, -0.05) is 6.42 Å². The number of nitrogens with zero attached hydrogens (tertiary/aromatic N) is 1. The monoisotopic (exact) mass is 258 g/mol. The van der Waals surface area contributed by atoms with Crippen molar-refractivity contribution in [2.24, 2.45) is 0 Å². The maximum absolute atomic E-state index is 9.68. The second kappa shape index (κ2) is 4.89. The summed E-state index contributed by atoms with van der Waals surface area (Å²) in [7, 11) is 0. The van der Waals surface area contributed by atoms with Crippen LogP contribution in [0.25, 0.3) is 10.9 Å². The van der Waals surface area contributed by atoms with Crippen molar-refractivity contribution in [3.05, 3.63) is 30.0 Å². The van der Waals surface area contributed by atoms with Crippen LogP contribution >= 0.6 is 0 Å². The molecule has 0 aliphatic heterocycles. The van der Waals surface area contributed by atoms with Gasteiger partial charge in [-0.2, -0.15) is 0 Å². The quantitative estimate of drug-likeness (QED) is 0.879. The van der Waals surface area contributed by atoms with E-state index in [1.165, 1.54) is 30.2 Å². The molecule has 0 bridgehead atoms. The summed E-state index contributed by atoms with van der Waals surface area (Å²) in [6.45, 7) is 5.27. The Morgan fingerprint density at radius 3 is 2.79 bits per heavy atom. The molecule has 102 valence electrons. The topological polar surface area (TPSA) is 37.2 Å². The molecule has 0 amide bonds. The second-order valence-corrected chi connectivity index (χ2v) is 5.87. The van der Waals surface area contributed by atoms with E-state index in [-0.39, 0.29) is 0 Å². The average Bonchev–Trinajstić information content (AvgIpc) is 2.65. The molecule has 1 fully saturated rings. The molecule has 1 aliphatic rings. The van der Waals surface area contributed by atoms with Crippen molar-refractivity contribution in [2.75, 3.05) is 0 Å². The van der Waals surface area contributed by atoms with Crippen molar-refractivity contribution in [1.29, 1.82) is 0 Å². The zero-order chi connectivity index (χ0) is 13.4. The SMILES string of the molecule is CC(C)n1cc(CNC2CCC2)c2ccc(O)cc21. The Morgan fingerprint density at radius 2 is 2.16 bits per heavy atom. The molecule has 19 heavy (non-hydrogen) atoms. The van der Waals surface area contributed by atoms with Crippen LogP contribution in [0.5, 0.6) is 5.75 Å². The summed E-state index contributed by atoms with van der Waals surface area (Å²) < 4.78 is 2.24. The van der Waals surface area contributed by atoms with Gasteiger partial charge >= 0.3 is 0 Å². The molecule has 0 spiro atoms. The fourth-order valence-corrected chi connectivity index (χ4v) is 2.75. The highest BCUT2D eigenvalue weighted by Gasteiger charge is 2.18. The number of hydrogen-bond donors (Lipinski definition) is 2. The normalized spacial score (nSPS) is 16.2. The summed E-state index contributed by atoms with van der Waals surface area (Å²) in [5.41, 5.74) is 2.45. The number of phenolic OH excluding ortho intramolecular Hbond substituents is 1. The van der Waals surface area contributed by atoms with Crippen LogP contribution in [-0.4, -0.2) is 15.7 Å². The highest BCUT2D eigenvalue weighted by Crippen LogP contribution is 2.28. The number of benzene rings is 1. The van der Waals surface area contributed by atoms with Crippen molar-refractivity contribution < 1.29 is 5.11 Å². The van der Waals surface area contributed by atoms with Gasteiger partial charge in [-0.25, -0.2) is 0 Å². The molecule has 1 aliphatic carbocycles. The van der Waals surface area contributed by atoms with Gasteiger partial charge in [0, 0.05) is 36.3 Å². The predicted molar refractivity (Wildman–Crippen MR) is 78.5 cm³/mol. The number of rotatable bonds is 4. The molecule has 0 saturated heterocycles. The molecule has 1 aromatic carbocycles. The number of aromatic nitrogens is 1. The van der Waals surface area contributed by atoms with Crippen molar-refractivity contribution >= 4 is 10.9 Å². The first-order chi connectivity index (χ1) is 9.15. The largest absolute Gasteiger partial charge is 0.508 e. The van der Waals surface area contributed by atoms with Gasteiger partial charge < -0.3 is 15.0 Å². The Labute approximate surface area is 114 Å². The minimum Gasteiger partial charge on any atom is -0.508 e. The van der Waals surface area contributed by atoms with Crippen LogP contribution in [0, 0.1) is 0 Å². The first-order valence-electron chi connectivity index (χ1n) is 7.21. The Balaban J connectivity index is 1.94. The third-order valence-corrected chi connectivity index (χ3v) is 4.14. The van der Waals surface area contributed by atoms with E-state index < -0.39 is 0 Å². The molecule has 0 atom stereocenters. The molecule has 1 aromatic heterocycles. The van der Waals surface area contributed by atoms with Gasteiger partial charge in [-0.05, 0) is 44.4 Å². The van der Waals surface area contributed by atoms with Crippen molar-refractivity contribution in [3.8, 4) is 5.75 Å². The number of aromatic hydroxyl groups is 1. The minimum atomic E-state index is 0.339. The molecular formula is C16H22N2O. The Kier molecular flexibility index (Phi) is 3.23. The van der Waals surface area contributed by atoms with E-state index in [0.29, 0.717) is 17.8 Å². The van der Waals surface area contributed by atoms with Gasteiger partial charge in [0.2, 0.25) is 0 Å². The maximum Gasteiger partial charge on any atom is 0.117 e. The smallest absolute Gasteiger partial charge is 0.117 e. The summed E-state index contributed by atoms with van der Waals surface area (Å²) in [5.74, 6) is 0.339. The first kappa shape index (κ1) is 12.5. The van der Waals surface area contributed by atoms with Crippen molar-refractivity contribution in [1.82, 2.24) is 9.88 Å². The maximum atomic E-state index is 9.68. The summed E-state index contributed by atoms with van der Waals surface area (Å²) in [5, 5.41) is 14.5. The molecule has 3 heteroatoms. The van der Waals surface area contributed by atoms with Gasteiger partial charge in [-0.15, -0.1) is 0 Å². The summed E-state index contributed by atoms with van der Waals surface area (Å²) in [4.78, 5) is 0. The van der Waals surface area contributed by atoms with Crippen LogP contribution in [0.15, 0.2) is 24.4 Å². The van der Waals surface area contributed by atoms with Crippen molar-refractivity contribution in [3.63, 3.8) is 0 Å². The van der Waals surface area contributed by atoms with Crippen molar-refractivity contribution in [2.45, 2.75) is 51.7 Å². The van der Waals surface area contributed by atoms with E-state index in [1.54, 1.807) is 6.07 Å². The molecular weight excluding hydrogens is 236 g/mol. The molecule has 1 saturated carbocycles. The second-order valence-electron chi connectivity index (χ2n) is 5.87. The fourth-order valence-electron chi connectivity index (χ4n) is 2.75. The molecule has 3 rings (SSSR count). The van der Waals surface area contributed by atoms with Crippen LogP contribution in [0.1, 0.15) is 44.7 Å². The lowest BCUT2D eigenvalue weighted by molar-refractivity contribution is 0.338. The van der Waals surface area contributed by atoms with E-state index in [1.807, 2.05) is 12.1 Å². The lowest BCUT2D eigenvalue weighted by atomic mass is 9.93. The van der Waals surface area contributed by atoms with E-state index in [9.17, 15) is 5.11 Å². The van der Waals surface area contributed by atoms with Crippen LogP contribution in [0.3, 0.4) is 0 Å².